The second-order valence-corrected chi connectivity index (χ2v) is 32.7. The number of carbonyl (C=O) groups excluding carboxylic acids is 4. The van der Waals surface area contributed by atoms with Crippen molar-refractivity contribution in [1.29, 1.82) is 0 Å². The molecule has 0 aromatic rings. The predicted octanol–water partition coefficient (Wildman–Crippen LogP) is 22.8. The van der Waals surface area contributed by atoms with Crippen LogP contribution in [0.5, 0.6) is 0 Å². The van der Waals surface area contributed by atoms with Gasteiger partial charge in [0.15, 0.2) is 12.2 Å². The Hall–Kier alpha value is -1.94. The topological polar surface area (TPSA) is 237 Å². The molecule has 0 fully saturated rings. The quantitative estimate of drug-likeness (QED) is 0.0222. The fourth-order valence-corrected chi connectivity index (χ4v) is 13.5. The van der Waals surface area contributed by atoms with Gasteiger partial charge in [0, 0.05) is 25.7 Å². The van der Waals surface area contributed by atoms with Gasteiger partial charge in [0.1, 0.15) is 19.3 Å². The number of esters is 4. The lowest BCUT2D eigenvalue weighted by Crippen LogP contribution is -2.30. The van der Waals surface area contributed by atoms with E-state index in [-0.39, 0.29) is 25.7 Å². The van der Waals surface area contributed by atoms with E-state index in [4.69, 9.17) is 37.0 Å². The van der Waals surface area contributed by atoms with Crippen molar-refractivity contribution < 1.29 is 80.2 Å². The van der Waals surface area contributed by atoms with Gasteiger partial charge in [-0.25, -0.2) is 9.13 Å². The lowest BCUT2D eigenvalue weighted by Gasteiger charge is -2.21. The molecule has 3 unspecified atom stereocenters. The van der Waals surface area contributed by atoms with Gasteiger partial charge in [-0.05, 0) is 49.4 Å². The number of phosphoric acid groups is 2. The summed E-state index contributed by atoms with van der Waals surface area (Å²) in [6, 6.07) is 0. The van der Waals surface area contributed by atoms with Gasteiger partial charge >= 0.3 is 39.5 Å². The molecular formula is C78H152O17P2. The summed E-state index contributed by atoms with van der Waals surface area (Å²) in [6.45, 7) is 14.2. The minimum Gasteiger partial charge on any atom is -0.462 e. The molecular weight excluding hydrogens is 1270 g/mol. The molecule has 6 atom stereocenters. The van der Waals surface area contributed by atoms with Crippen molar-refractivity contribution >= 4 is 39.5 Å². The molecule has 0 aliphatic carbocycles. The maximum Gasteiger partial charge on any atom is 0.472 e. The van der Waals surface area contributed by atoms with Crippen molar-refractivity contribution in [1.82, 2.24) is 0 Å². The Morgan fingerprint density at radius 3 is 0.732 bits per heavy atom. The molecule has 17 nitrogen and oxygen atoms in total. The molecule has 0 amide bonds. The van der Waals surface area contributed by atoms with E-state index in [1.165, 1.54) is 186 Å². The zero-order chi connectivity index (χ0) is 71.7. The number of unbranched alkanes of at least 4 members (excludes halogenated alkanes) is 40. The standard InChI is InChI=1S/C78H152O17P2/c1-9-71(8)57-49-41-36-37-43-51-59-76(81)89-65-74(95-78(83)61-53-45-34-28-24-20-16-12-14-18-22-26-31-39-47-55-69(4)5)67-93-97(86,87)91-63-72(79)62-90-96(84,85)92-66-73(64-88-75(80)58-50-42-35-29-32-40-48-56-70(6)7)94-77(82)60-52-44-33-27-23-19-15-11-10-13-17-21-25-30-38-46-54-68(2)3/h68-74,79H,9-67H2,1-8H3,(H,84,85)(H,86,87)/t71?,72-,73-,74-/m1/s1. The highest BCUT2D eigenvalue weighted by molar-refractivity contribution is 7.47. The number of aliphatic hydroxyl groups is 1. The molecule has 0 aliphatic heterocycles. The van der Waals surface area contributed by atoms with E-state index in [0.29, 0.717) is 31.6 Å². The summed E-state index contributed by atoms with van der Waals surface area (Å²) >= 11 is 0. The largest absolute Gasteiger partial charge is 0.472 e. The fourth-order valence-electron chi connectivity index (χ4n) is 11.9. The highest BCUT2D eigenvalue weighted by atomic mass is 31.2. The number of aliphatic hydroxyl groups excluding tert-OH is 1. The Morgan fingerprint density at radius 2 is 0.495 bits per heavy atom. The van der Waals surface area contributed by atoms with E-state index in [9.17, 15) is 43.2 Å². The van der Waals surface area contributed by atoms with E-state index < -0.39 is 97.5 Å². The lowest BCUT2D eigenvalue weighted by atomic mass is 10.00. The monoisotopic (exact) mass is 1420 g/mol. The lowest BCUT2D eigenvalue weighted by molar-refractivity contribution is -0.161. The molecule has 0 radical (unpaired) electrons. The van der Waals surface area contributed by atoms with Crippen LogP contribution in [0, 0.1) is 23.7 Å². The van der Waals surface area contributed by atoms with Crippen LogP contribution in [0.4, 0.5) is 0 Å². The van der Waals surface area contributed by atoms with Crippen LogP contribution in [0.2, 0.25) is 0 Å². The summed E-state index contributed by atoms with van der Waals surface area (Å²) in [6.07, 6.45) is 52.9. The van der Waals surface area contributed by atoms with Crippen molar-refractivity contribution in [2.45, 2.75) is 414 Å². The molecule has 97 heavy (non-hydrogen) atoms. The van der Waals surface area contributed by atoms with Gasteiger partial charge in [-0.3, -0.25) is 37.3 Å². The average molecular weight is 1420 g/mol. The maximum atomic E-state index is 13.1. The van der Waals surface area contributed by atoms with Crippen LogP contribution in [0.15, 0.2) is 0 Å². The molecule has 576 valence electrons. The smallest absolute Gasteiger partial charge is 0.462 e. The second-order valence-electron chi connectivity index (χ2n) is 29.8. The third-order valence-electron chi connectivity index (χ3n) is 18.4. The first kappa shape index (κ1) is 95.1. The molecule has 0 rings (SSSR count). The van der Waals surface area contributed by atoms with E-state index in [1.807, 2.05) is 0 Å². The molecule has 0 aromatic carbocycles. The van der Waals surface area contributed by atoms with Crippen LogP contribution in [-0.4, -0.2) is 96.7 Å². The summed E-state index contributed by atoms with van der Waals surface area (Å²) in [4.78, 5) is 72.8. The van der Waals surface area contributed by atoms with Gasteiger partial charge in [0.2, 0.25) is 0 Å². The molecule has 0 heterocycles. The summed E-state index contributed by atoms with van der Waals surface area (Å²) < 4.78 is 68.6. The first-order chi connectivity index (χ1) is 46.6. The van der Waals surface area contributed by atoms with Gasteiger partial charge in [0.05, 0.1) is 26.4 Å². The highest BCUT2D eigenvalue weighted by Crippen LogP contribution is 2.45. The summed E-state index contributed by atoms with van der Waals surface area (Å²) in [7, 11) is -9.92. The fraction of sp³-hybridized carbons (Fsp3) is 0.949. The maximum absolute atomic E-state index is 13.1. The first-order valence-corrected chi connectivity index (χ1v) is 43.2. The van der Waals surface area contributed by atoms with Gasteiger partial charge < -0.3 is 33.8 Å². The van der Waals surface area contributed by atoms with Crippen LogP contribution in [-0.2, 0) is 65.4 Å². The van der Waals surface area contributed by atoms with Crippen molar-refractivity contribution in [3.63, 3.8) is 0 Å². The summed E-state index contributed by atoms with van der Waals surface area (Å²) in [5.74, 6) is 0.927. The number of rotatable bonds is 75. The van der Waals surface area contributed by atoms with E-state index in [1.54, 1.807) is 0 Å². The number of hydrogen-bond acceptors (Lipinski definition) is 15. The van der Waals surface area contributed by atoms with Crippen LogP contribution in [0.3, 0.4) is 0 Å². The Bertz CT molecular complexity index is 1900. The minimum atomic E-state index is -4.96. The highest BCUT2D eigenvalue weighted by Gasteiger charge is 2.30. The number of ether oxygens (including phenoxy) is 4. The van der Waals surface area contributed by atoms with Crippen molar-refractivity contribution in [3.05, 3.63) is 0 Å². The summed E-state index contributed by atoms with van der Waals surface area (Å²) in [5, 5.41) is 10.6. The molecule has 0 saturated carbocycles. The normalized spacial score (nSPS) is 14.4. The first-order valence-electron chi connectivity index (χ1n) is 40.2. The van der Waals surface area contributed by atoms with Gasteiger partial charge in [0.25, 0.3) is 0 Å². The number of phosphoric ester groups is 2. The SMILES string of the molecule is CCC(C)CCCCCCCCC(=O)OC[C@H](COP(=O)(O)OC[C@H](O)COP(=O)(O)OC[C@@H](COC(=O)CCCCCCCCCC(C)C)OC(=O)CCCCCCCCCCCCCCCCCCC(C)C)OC(=O)CCCCCCCCCCCCCCCCCC(C)C. The molecule has 19 heteroatoms. The Labute approximate surface area is 594 Å². The van der Waals surface area contributed by atoms with Crippen LogP contribution >= 0.6 is 15.6 Å². The van der Waals surface area contributed by atoms with Crippen molar-refractivity contribution in [2.75, 3.05) is 39.6 Å². The van der Waals surface area contributed by atoms with Crippen LogP contribution < -0.4 is 0 Å². The van der Waals surface area contributed by atoms with Crippen LogP contribution in [0.25, 0.3) is 0 Å². The van der Waals surface area contributed by atoms with Crippen LogP contribution in [0.1, 0.15) is 396 Å². The number of carbonyl (C=O) groups is 4. The Kier molecular flexibility index (Phi) is 65.9. The molecule has 0 saturated heterocycles. The third-order valence-corrected chi connectivity index (χ3v) is 20.3. The molecule has 0 aliphatic rings. The zero-order valence-corrected chi connectivity index (χ0v) is 65.5. The molecule has 0 bridgehead atoms. The Morgan fingerprint density at radius 1 is 0.289 bits per heavy atom. The van der Waals surface area contributed by atoms with E-state index >= 15 is 0 Å². The van der Waals surface area contributed by atoms with E-state index in [2.05, 4.69) is 55.4 Å². The summed E-state index contributed by atoms with van der Waals surface area (Å²) in [5.41, 5.74) is 0. The second kappa shape index (κ2) is 67.2. The third kappa shape index (κ3) is 70.9. The molecule has 0 spiro atoms. The van der Waals surface area contributed by atoms with Crippen molar-refractivity contribution in [2.24, 2.45) is 23.7 Å². The zero-order valence-electron chi connectivity index (χ0n) is 63.7. The average Bonchev–Trinajstić information content (AvgIpc) is 1.20. The number of hydrogen-bond donors (Lipinski definition) is 3. The van der Waals surface area contributed by atoms with Gasteiger partial charge in [-0.15, -0.1) is 0 Å². The van der Waals surface area contributed by atoms with E-state index in [0.717, 1.165) is 120 Å². The Balaban J connectivity index is 5.19. The molecule has 3 N–H and O–H groups in total. The minimum absolute atomic E-state index is 0.106. The predicted molar refractivity (Wildman–Crippen MR) is 395 cm³/mol. The van der Waals surface area contributed by atoms with Crippen molar-refractivity contribution in [3.8, 4) is 0 Å². The molecule has 0 aromatic heterocycles. The van der Waals surface area contributed by atoms with Gasteiger partial charge in [-0.2, -0.15) is 0 Å². The van der Waals surface area contributed by atoms with Gasteiger partial charge in [-0.1, -0.05) is 344 Å².